The molecule has 1 aliphatic rings. The van der Waals surface area contributed by atoms with Crippen LogP contribution in [0.15, 0.2) is 22.7 Å². The molecule has 0 saturated carbocycles. The molecule has 3 heteroatoms. The van der Waals surface area contributed by atoms with Crippen molar-refractivity contribution in [1.82, 2.24) is 10.5 Å². The number of aryl methyl sites for hydroxylation is 1. The second kappa shape index (κ2) is 3.91. The summed E-state index contributed by atoms with van der Waals surface area (Å²) in [6.45, 7) is 4.19. The van der Waals surface area contributed by atoms with Crippen LogP contribution in [0.5, 0.6) is 0 Å². The Morgan fingerprint density at radius 1 is 1.44 bits per heavy atom. The molecule has 1 aliphatic heterocycles. The number of nitrogens with zero attached hydrogens (tertiary/aromatic N) is 1. The lowest BCUT2D eigenvalue weighted by Gasteiger charge is -2.22. The first-order valence-corrected chi connectivity index (χ1v) is 5.92. The Kier molecular flexibility index (Phi) is 2.40. The van der Waals surface area contributed by atoms with Crippen molar-refractivity contribution in [3.8, 4) is 0 Å². The molecule has 0 bridgehead atoms. The van der Waals surface area contributed by atoms with Gasteiger partial charge in [0.1, 0.15) is 0 Å². The molecular formula is C13H16N2O. The number of fused-ring (bicyclic) bond motifs is 1. The lowest BCUT2D eigenvalue weighted by atomic mass is 9.90. The van der Waals surface area contributed by atoms with Crippen LogP contribution in [0.3, 0.4) is 0 Å². The highest BCUT2D eigenvalue weighted by atomic mass is 16.5. The molecule has 16 heavy (non-hydrogen) atoms. The van der Waals surface area contributed by atoms with Gasteiger partial charge in [-0.1, -0.05) is 17.3 Å². The van der Waals surface area contributed by atoms with Crippen molar-refractivity contribution in [3.05, 3.63) is 29.5 Å². The fraction of sp³-hybridized carbons (Fsp3) is 0.462. The van der Waals surface area contributed by atoms with E-state index >= 15 is 0 Å². The molecule has 3 rings (SSSR count). The molecule has 0 aliphatic carbocycles. The van der Waals surface area contributed by atoms with Gasteiger partial charge in [-0.25, -0.2) is 0 Å². The van der Waals surface area contributed by atoms with E-state index in [1.807, 2.05) is 6.92 Å². The third-order valence-electron chi connectivity index (χ3n) is 3.45. The lowest BCUT2D eigenvalue weighted by Crippen LogP contribution is -2.28. The third kappa shape index (κ3) is 1.52. The summed E-state index contributed by atoms with van der Waals surface area (Å²) in [4.78, 5) is 0. The average Bonchev–Trinajstić information content (AvgIpc) is 2.73. The Labute approximate surface area is 94.8 Å². The van der Waals surface area contributed by atoms with Crippen LogP contribution in [0.4, 0.5) is 0 Å². The fourth-order valence-electron chi connectivity index (χ4n) is 2.54. The smallest absolute Gasteiger partial charge is 0.170 e. The summed E-state index contributed by atoms with van der Waals surface area (Å²) in [5.41, 5.74) is 3.28. The van der Waals surface area contributed by atoms with Gasteiger partial charge in [-0.15, -0.1) is 0 Å². The zero-order chi connectivity index (χ0) is 11.0. The highest BCUT2D eigenvalue weighted by Gasteiger charge is 2.19. The first kappa shape index (κ1) is 9.85. The van der Waals surface area contributed by atoms with Gasteiger partial charge < -0.3 is 9.84 Å². The van der Waals surface area contributed by atoms with Crippen LogP contribution < -0.4 is 5.32 Å². The van der Waals surface area contributed by atoms with Crippen molar-refractivity contribution in [2.24, 2.45) is 0 Å². The normalized spacial score (nSPS) is 21.4. The topological polar surface area (TPSA) is 38.1 Å². The number of aromatic nitrogens is 1. The zero-order valence-corrected chi connectivity index (χ0v) is 9.49. The van der Waals surface area contributed by atoms with Gasteiger partial charge in [-0.2, -0.15) is 0 Å². The van der Waals surface area contributed by atoms with Gasteiger partial charge in [0.25, 0.3) is 0 Å². The SMILES string of the molecule is Cc1noc2c(C3CCCNC3)cccc12. The van der Waals surface area contributed by atoms with Crippen LogP contribution in [0.25, 0.3) is 11.0 Å². The van der Waals surface area contributed by atoms with E-state index in [1.54, 1.807) is 0 Å². The first-order chi connectivity index (χ1) is 7.86. The van der Waals surface area contributed by atoms with Gasteiger partial charge >= 0.3 is 0 Å². The Morgan fingerprint density at radius 3 is 3.19 bits per heavy atom. The molecule has 0 radical (unpaired) electrons. The molecule has 2 heterocycles. The molecule has 0 amide bonds. The second-order valence-corrected chi connectivity index (χ2v) is 4.54. The van der Waals surface area contributed by atoms with Crippen molar-refractivity contribution in [2.45, 2.75) is 25.7 Å². The van der Waals surface area contributed by atoms with Crippen molar-refractivity contribution in [2.75, 3.05) is 13.1 Å². The highest BCUT2D eigenvalue weighted by molar-refractivity contribution is 5.82. The highest BCUT2D eigenvalue weighted by Crippen LogP contribution is 2.30. The average molecular weight is 216 g/mol. The Morgan fingerprint density at radius 2 is 2.38 bits per heavy atom. The van der Waals surface area contributed by atoms with Crippen molar-refractivity contribution >= 4 is 11.0 Å². The van der Waals surface area contributed by atoms with Gasteiger partial charge in [0.2, 0.25) is 0 Å². The number of hydrogen-bond acceptors (Lipinski definition) is 3. The number of nitrogens with one attached hydrogen (secondary N) is 1. The molecule has 1 atom stereocenters. The van der Waals surface area contributed by atoms with Crippen LogP contribution in [0, 0.1) is 6.92 Å². The minimum atomic E-state index is 0.574. The maximum atomic E-state index is 5.46. The summed E-state index contributed by atoms with van der Waals surface area (Å²) in [5.74, 6) is 0.574. The van der Waals surface area contributed by atoms with E-state index < -0.39 is 0 Å². The number of hydrogen-bond donors (Lipinski definition) is 1. The third-order valence-corrected chi connectivity index (χ3v) is 3.45. The quantitative estimate of drug-likeness (QED) is 0.796. The van der Waals surface area contributed by atoms with Gasteiger partial charge in [0.15, 0.2) is 5.58 Å². The number of para-hydroxylation sites is 1. The van der Waals surface area contributed by atoms with Crippen LogP contribution in [0.1, 0.15) is 30.0 Å². The molecular weight excluding hydrogens is 200 g/mol. The molecule has 84 valence electrons. The summed E-state index contributed by atoms with van der Waals surface area (Å²) >= 11 is 0. The summed E-state index contributed by atoms with van der Waals surface area (Å²) in [6.07, 6.45) is 2.49. The minimum Gasteiger partial charge on any atom is -0.356 e. The minimum absolute atomic E-state index is 0.574. The van der Waals surface area contributed by atoms with E-state index in [1.165, 1.54) is 18.4 Å². The van der Waals surface area contributed by atoms with Crippen LogP contribution in [-0.2, 0) is 0 Å². The number of piperidine rings is 1. The molecule has 2 aromatic rings. The molecule has 1 saturated heterocycles. The number of benzene rings is 1. The zero-order valence-electron chi connectivity index (χ0n) is 9.49. The largest absolute Gasteiger partial charge is 0.356 e. The molecule has 1 fully saturated rings. The molecule has 1 aromatic heterocycles. The van der Waals surface area contributed by atoms with Crippen LogP contribution >= 0.6 is 0 Å². The Bertz CT molecular complexity index is 498. The van der Waals surface area contributed by atoms with Crippen molar-refractivity contribution < 1.29 is 4.52 Å². The van der Waals surface area contributed by atoms with Gasteiger partial charge in [-0.05, 0) is 32.4 Å². The summed E-state index contributed by atoms with van der Waals surface area (Å²) < 4.78 is 5.46. The maximum Gasteiger partial charge on any atom is 0.170 e. The summed E-state index contributed by atoms with van der Waals surface area (Å²) in [5, 5.41) is 8.65. The predicted molar refractivity (Wildman–Crippen MR) is 63.6 cm³/mol. The summed E-state index contributed by atoms with van der Waals surface area (Å²) in [7, 11) is 0. The molecule has 3 nitrogen and oxygen atoms in total. The maximum absolute atomic E-state index is 5.46. The van der Waals surface area contributed by atoms with Crippen molar-refractivity contribution in [1.29, 1.82) is 0 Å². The van der Waals surface area contributed by atoms with E-state index in [4.69, 9.17) is 4.52 Å². The van der Waals surface area contributed by atoms with Crippen LogP contribution in [-0.4, -0.2) is 18.2 Å². The van der Waals surface area contributed by atoms with Gasteiger partial charge in [-0.3, -0.25) is 0 Å². The molecule has 1 unspecified atom stereocenters. The second-order valence-electron chi connectivity index (χ2n) is 4.54. The molecule has 0 spiro atoms. The fourth-order valence-corrected chi connectivity index (χ4v) is 2.54. The first-order valence-electron chi connectivity index (χ1n) is 5.92. The van der Waals surface area contributed by atoms with E-state index in [0.717, 1.165) is 29.8 Å². The van der Waals surface area contributed by atoms with Gasteiger partial charge in [0, 0.05) is 23.4 Å². The van der Waals surface area contributed by atoms with E-state index in [9.17, 15) is 0 Å². The van der Waals surface area contributed by atoms with Crippen molar-refractivity contribution in [3.63, 3.8) is 0 Å². The standard InChI is InChI=1S/C13H16N2O/c1-9-11-5-2-6-12(13(11)16-15-9)10-4-3-7-14-8-10/h2,5-6,10,14H,3-4,7-8H2,1H3. The lowest BCUT2D eigenvalue weighted by molar-refractivity contribution is 0.430. The molecule has 1 N–H and O–H groups in total. The Hall–Kier alpha value is -1.35. The van der Waals surface area contributed by atoms with E-state index in [2.05, 4.69) is 28.7 Å². The van der Waals surface area contributed by atoms with E-state index in [-0.39, 0.29) is 0 Å². The predicted octanol–water partition coefficient (Wildman–Crippen LogP) is 2.60. The monoisotopic (exact) mass is 216 g/mol. The van der Waals surface area contributed by atoms with Crippen LogP contribution in [0.2, 0.25) is 0 Å². The van der Waals surface area contributed by atoms with E-state index in [0.29, 0.717) is 5.92 Å². The number of rotatable bonds is 1. The summed E-state index contributed by atoms with van der Waals surface area (Å²) in [6, 6.07) is 6.36. The Balaban J connectivity index is 2.08. The molecule has 1 aromatic carbocycles. The van der Waals surface area contributed by atoms with Gasteiger partial charge in [0.05, 0.1) is 5.69 Å².